The molecule has 6 heteroatoms. The molecule has 19 heavy (non-hydrogen) atoms. The number of ether oxygens (including phenoxy) is 1. The lowest BCUT2D eigenvalue weighted by atomic mass is 10.2. The zero-order valence-electron chi connectivity index (χ0n) is 10.4. The minimum absolute atomic E-state index is 0.117. The summed E-state index contributed by atoms with van der Waals surface area (Å²) in [5.41, 5.74) is 0.353. The van der Waals surface area contributed by atoms with Crippen LogP contribution in [0.4, 0.5) is 0 Å². The number of carbonyl (C=O) groups excluding carboxylic acids is 1. The monoisotopic (exact) mass is 324 g/mol. The van der Waals surface area contributed by atoms with Crippen LogP contribution in [-0.2, 0) is 16.1 Å². The summed E-state index contributed by atoms with van der Waals surface area (Å²) in [6.07, 6.45) is 2.12. The third kappa shape index (κ3) is 3.20. The van der Waals surface area contributed by atoms with Crippen LogP contribution in [0.1, 0.15) is 13.3 Å². The molecule has 1 aromatic carbocycles. The second-order valence-electron chi connectivity index (χ2n) is 4.06. The fourth-order valence-electron chi connectivity index (χ4n) is 1.64. The van der Waals surface area contributed by atoms with E-state index in [2.05, 4.69) is 20.9 Å². The van der Waals surface area contributed by atoms with E-state index in [-0.39, 0.29) is 12.1 Å². The maximum Gasteiger partial charge on any atom is 0.326 e. The Hall–Kier alpha value is -1.69. The highest BCUT2D eigenvalue weighted by Crippen LogP contribution is 2.14. The number of hydrogen-bond donors (Lipinski definition) is 0. The number of fused-ring (bicyclic) bond motifs is 1. The van der Waals surface area contributed by atoms with Crippen LogP contribution in [-0.4, -0.2) is 22.1 Å². The summed E-state index contributed by atoms with van der Waals surface area (Å²) in [5.74, 6) is -0.430. The molecule has 0 atom stereocenters. The molecule has 0 spiro atoms. The summed E-state index contributed by atoms with van der Waals surface area (Å²) in [7, 11) is 0. The first-order valence-electron chi connectivity index (χ1n) is 5.92. The van der Waals surface area contributed by atoms with Crippen molar-refractivity contribution in [2.75, 3.05) is 6.61 Å². The Morgan fingerprint density at radius 1 is 1.47 bits per heavy atom. The summed E-state index contributed by atoms with van der Waals surface area (Å²) < 4.78 is 7.00. The van der Waals surface area contributed by atoms with E-state index >= 15 is 0 Å². The summed E-state index contributed by atoms with van der Waals surface area (Å²) in [5, 5.41) is 0.472. The summed E-state index contributed by atoms with van der Waals surface area (Å²) >= 11 is 3.31. The molecule has 1 heterocycles. The highest BCUT2D eigenvalue weighted by Gasteiger charge is 2.09. The number of aromatic nitrogens is 2. The Morgan fingerprint density at radius 3 is 3.00 bits per heavy atom. The maximum absolute atomic E-state index is 12.2. The van der Waals surface area contributed by atoms with Crippen LogP contribution in [0.5, 0.6) is 0 Å². The average molecular weight is 325 g/mol. The van der Waals surface area contributed by atoms with Gasteiger partial charge in [-0.2, -0.15) is 0 Å². The van der Waals surface area contributed by atoms with Gasteiger partial charge in [0, 0.05) is 4.47 Å². The molecule has 0 radical (unpaired) electrons. The second kappa shape index (κ2) is 5.97. The maximum atomic E-state index is 12.2. The number of hydrogen-bond acceptors (Lipinski definition) is 4. The lowest BCUT2D eigenvalue weighted by molar-refractivity contribution is -0.144. The van der Waals surface area contributed by atoms with Gasteiger partial charge in [0.05, 0.1) is 23.8 Å². The van der Waals surface area contributed by atoms with Gasteiger partial charge in [0.15, 0.2) is 0 Å². The molecule has 0 bridgehead atoms. The van der Waals surface area contributed by atoms with Gasteiger partial charge in [-0.1, -0.05) is 22.9 Å². The third-order valence-corrected chi connectivity index (χ3v) is 3.05. The average Bonchev–Trinajstić information content (AvgIpc) is 2.40. The zero-order chi connectivity index (χ0) is 13.8. The molecular formula is C13H13BrN2O3. The van der Waals surface area contributed by atoms with Crippen molar-refractivity contribution < 1.29 is 9.53 Å². The van der Waals surface area contributed by atoms with Crippen LogP contribution in [0, 0.1) is 0 Å². The van der Waals surface area contributed by atoms with E-state index in [9.17, 15) is 9.59 Å². The van der Waals surface area contributed by atoms with Crippen LogP contribution >= 0.6 is 15.9 Å². The van der Waals surface area contributed by atoms with E-state index in [4.69, 9.17) is 4.74 Å². The van der Waals surface area contributed by atoms with Crippen LogP contribution < -0.4 is 5.56 Å². The van der Waals surface area contributed by atoms with Crippen molar-refractivity contribution in [3.8, 4) is 0 Å². The highest BCUT2D eigenvalue weighted by atomic mass is 79.9. The molecule has 2 aromatic rings. The molecule has 0 saturated heterocycles. The van der Waals surface area contributed by atoms with Crippen LogP contribution in [0.15, 0.2) is 33.8 Å². The SMILES string of the molecule is CCCOC(=O)Cn1cnc2ccc(Br)cc2c1=O. The van der Waals surface area contributed by atoms with Crippen molar-refractivity contribution in [2.24, 2.45) is 0 Å². The number of nitrogens with zero attached hydrogens (tertiary/aromatic N) is 2. The van der Waals surface area contributed by atoms with E-state index < -0.39 is 5.97 Å². The Labute approximate surface area is 118 Å². The molecule has 0 saturated carbocycles. The smallest absolute Gasteiger partial charge is 0.326 e. The largest absolute Gasteiger partial charge is 0.464 e. The van der Waals surface area contributed by atoms with Gasteiger partial charge in [0.1, 0.15) is 6.54 Å². The van der Waals surface area contributed by atoms with Gasteiger partial charge < -0.3 is 4.74 Å². The Bertz CT molecular complexity index is 666. The van der Waals surface area contributed by atoms with Crippen molar-refractivity contribution in [3.05, 3.63) is 39.4 Å². The van der Waals surface area contributed by atoms with Gasteiger partial charge in [0.25, 0.3) is 5.56 Å². The molecular weight excluding hydrogens is 312 g/mol. The van der Waals surface area contributed by atoms with Crippen molar-refractivity contribution >= 4 is 32.8 Å². The Morgan fingerprint density at radius 2 is 2.26 bits per heavy atom. The summed E-state index contributed by atoms with van der Waals surface area (Å²) in [6, 6.07) is 5.26. The first-order valence-corrected chi connectivity index (χ1v) is 6.71. The molecule has 0 N–H and O–H groups in total. The molecule has 1 aromatic heterocycles. The quantitative estimate of drug-likeness (QED) is 0.808. The number of halogens is 1. The van der Waals surface area contributed by atoms with E-state index in [1.165, 1.54) is 10.9 Å². The molecule has 0 amide bonds. The molecule has 100 valence electrons. The van der Waals surface area contributed by atoms with E-state index in [1.54, 1.807) is 12.1 Å². The van der Waals surface area contributed by atoms with E-state index in [0.29, 0.717) is 17.5 Å². The highest BCUT2D eigenvalue weighted by molar-refractivity contribution is 9.10. The summed E-state index contributed by atoms with van der Waals surface area (Å²) in [6.45, 7) is 2.16. The zero-order valence-corrected chi connectivity index (χ0v) is 12.0. The lowest BCUT2D eigenvalue weighted by Crippen LogP contribution is -2.25. The first kappa shape index (κ1) is 13.7. The van der Waals surface area contributed by atoms with Gasteiger partial charge in [-0.25, -0.2) is 4.98 Å². The van der Waals surface area contributed by atoms with Crippen molar-refractivity contribution in [1.82, 2.24) is 9.55 Å². The van der Waals surface area contributed by atoms with Gasteiger partial charge in [-0.3, -0.25) is 14.2 Å². The molecule has 0 fully saturated rings. The fourth-order valence-corrected chi connectivity index (χ4v) is 2.01. The van der Waals surface area contributed by atoms with Gasteiger partial charge in [-0.15, -0.1) is 0 Å². The lowest BCUT2D eigenvalue weighted by Gasteiger charge is -2.06. The summed E-state index contributed by atoms with van der Waals surface area (Å²) in [4.78, 5) is 27.8. The number of rotatable bonds is 4. The Balaban J connectivity index is 2.32. The molecule has 0 aliphatic heterocycles. The Kier molecular flexibility index (Phi) is 4.31. The first-order chi connectivity index (χ1) is 9.11. The van der Waals surface area contributed by atoms with Crippen molar-refractivity contribution in [2.45, 2.75) is 19.9 Å². The second-order valence-corrected chi connectivity index (χ2v) is 4.98. The van der Waals surface area contributed by atoms with Gasteiger partial charge in [-0.05, 0) is 24.6 Å². The van der Waals surface area contributed by atoms with E-state index in [1.807, 2.05) is 13.0 Å². The van der Waals surface area contributed by atoms with Crippen LogP contribution in [0.25, 0.3) is 10.9 Å². The molecule has 0 unspecified atom stereocenters. The van der Waals surface area contributed by atoms with E-state index in [0.717, 1.165) is 10.9 Å². The van der Waals surface area contributed by atoms with Crippen molar-refractivity contribution in [3.63, 3.8) is 0 Å². The molecule has 5 nitrogen and oxygen atoms in total. The molecule has 2 rings (SSSR count). The standard InChI is InChI=1S/C13H13BrN2O3/c1-2-5-19-12(17)7-16-8-15-11-4-3-9(14)6-10(11)13(16)18/h3-4,6,8H,2,5,7H2,1H3. The minimum Gasteiger partial charge on any atom is -0.464 e. The van der Waals surface area contributed by atoms with Crippen molar-refractivity contribution in [1.29, 1.82) is 0 Å². The topological polar surface area (TPSA) is 61.2 Å². The van der Waals surface area contributed by atoms with Gasteiger partial charge in [0.2, 0.25) is 0 Å². The normalized spacial score (nSPS) is 10.6. The van der Waals surface area contributed by atoms with Gasteiger partial charge >= 0.3 is 5.97 Å². The molecule has 0 aliphatic carbocycles. The third-order valence-electron chi connectivity index (χ3n) is 2.55. The van der Waals surface area contributed by atoms with Crippen LogP contribution in [0.3, 0.4) is 0 Å². The minimum atomic E-state index is -0.430. The number of esters is 1. The fraction of sp³-hybridized carbons (Fsp3) is 0.308. The predicted molar refractivity (Wildman–Crippen MR) is 75.0 cm³/mol. The number of benzene rings is 1. The number of carbonyl (C=O) groups is 1. The predicted octanol–water partition coefficient (Wildman–Crippen LogP) is 2.11. The molecule has 0 aliphatic rings. The van der Waals surface area contributed by atoms with Crippen LogP contribution in [0.2, 0.25) is 0 Å².